The molecule has 1 aliphatic carbocycles. The Morgan fingerprint density at radius 1 is 1.35 bits per heavy atom. The summed E-state index contributed by atoms with van der Waals surface area (Å²) in [5.74, 6) is 0.499. The summed E-state index contributed by atoms with van der Waals surface area (Å²) in [6.45, 7) is 6.10. The van der Waals surface area contributed by atoms with Crippen LogP contribution in [0.5, 0.6) is 0 Å². The molecule has 0 bridgehead atoms. The van der Waals surface area contributed by atoms with Crippen LogP contribution in [0.3, 0.4) is 0 Å². The topological polar surface area (TPSA) is 53.3 Å². The molecule has 0 atom stereocenters. The fourth-order valence-electron chi connectivity index (χ4n) is 3.38. The van der Waals surface area contributed by atoms with Gasteiger partial charge in [0.25, 0.3) is 0 Å². The summed E-state index contributed by atoms with van der Waals surface area (Å²) in [6.07, 6.45) is 5.69. The van der Waals surface area contributed by atoms with Gasteiger partial charge in [-0.15, -0.1) is 0 Å². The molecule has 2 aliphatic rings. The molecule has 0 radical (unpaired) electrons. The summed E-state index contributed by atoms with van der Waals surface area (Å²) >= 11 is 0. The molecule has 0 aromatic rings. The molecule has 20 heavy (non-hydrogen) atoms. The lowest BCUT2D eigenvalue weighted by molar-refractivity contribution is -0.146. The van der Waals surface area contributed by atoms with Crippen LogP contribution in [-0.4, -0.2) is 36.6 Å². The number of nitriles is 1. The van der Waals surface area contributed by atoms with E-state index in [2.05, 4.69) is 19.9 Å². The Hall–Kier alpha value is -1.08. The predicted octanol–water partition coefficient (Wildman–Crippen LogP) is 2.73. The van der Waals surface area contributed by atoms with Crippen LogP contribution in [0.4, 0.5) is 0 Å². The van der Waals surface area contributed by atoms with Crippen molar-refractivity contribution >= 4 is 5.91 Å². The number of ether oxygens (including phenoxy) is 1. The number of carbonyl (C=O) groups is 1. The highest BCUT2D eigenvalue weighted by molar-refractivity contribution is 5.86. The molecule has 0 aromatic heterocycles. The molecule has 2 fully saturated rings. The summed E-state index contributed by atoms with van der Waals surface area (Å²) in [7, 11) is 0. The van der Waals surface area contributed by atoms with Gasteiger partial charge < -0.3 is 9.64 Å². The van der Waals surface area contributed by atoms with Gasteiger partial charge in [0, 0.05) is 25.8 Å². The smallest absolute Gasteiger partial charge is 0.243 e. The van der Waals surface area contributed by atoms with Gasteiger partial charge in [0.05, 0.1) is 6.07 Å². The highest BCUT2D eigenvalue weighted by atomic mass is 16.5. The number of rotatable bonds is 4. The van der Waals surface area contributed by atoms with Gasteiger partial charge in [0.2, 0.25) is 5.91 Å². The van der Waals surface area contributed by atoms with Crippen molar-refractivity contribution in [1.82, 2.24) is 4.90 Å². The number of carbonyl (C=O) groups excluding carboxylic acids is 1. The highest BCUT2D eigenvalue weighted by Crippen LogP contribution is 2.35. The second kappa shape index (κ2) is 6.58. The lowest BCUT2D eigenvalue weighted by Crippen LogP contribution is -2.50. The minimum atomic E-state index is -0.838. The SMILES string of the molecule is CC(C)CN(C(=O)C1(C#N)CCOCC1)C1CCCC1. The Bertz CT molecular complexity index is 374. The molecule has 0 unspecified atom stereocenters. The van der Waals surface area contributed by atoms with E-state index in [4.69, 9.17) is 4.74 Å². The van der Waals surface area contributed by atoms with Crippen LogP contribution < -0.4 is 0 Å². The first-order valence-corrected chi connectivity index (χ1v) is 7.89. The average Bonchev–Trinajstić information content (AvgIpc) is 2.98. The minimum absolute atomic E-state index is 0.0592. The molecule has 4 nitrogen and oxygen atoms in total. The van der Waals surface area contributed by atoms with E-state index in [1.807, 2.05) is 4.90 Å². The van der Waals surface area contributed by atoms with E-state index in [1.165, 1.54) is 12.8 Å². The fourth-order valence-corrected chi connectivity index (χ4v) is 3.38. The Kier molecular flexibility index (Phi) is 5.04. The minimum Gasteiger partial charge on any atom is -0.381 e. The van der Waals surface area contributed by atoms with E-state index in [0.29, 0.717) is 38.0 Å². The second-order valence-electron chi connectivity index (χ2n) is 6.60. The Labute approximate surface area is 122 Å². The monoisotopic (exact) mass is 278 g/mol. The van der Waals surface area contributed by atoms with Gasteiger partial charge in [-0.3, -0.25) is 4.79 Å². The molecule has 2 rings (SSSR count). The van der Waals surface area contributed by atoms with Gasteiger partial charge in [0.15, 0.2) is 0 Å². The van der Waals surface area contributed by atoms with E-state index in [1.54, 1.807) is 0 Å². The van der Waals surface area contributed by atoms with Crippen molar-refractivity contribution in [3.05, 3.63) is 0 Å². The van der Waals surface area contributed by atoms with E-state index in [-0.39, 0.29) is 5.91 Å². The molecule has 1 saturated carbocycles. The third kappa shape index (κ3) is 3.15. The van der Waals surface area contributed by atoms with Crippen LogP contribution in [0, 0.1) is 22.7 Å². The maximum Gasteiger partial charge on any atom is 0.243 e. The molecule has 1 aliphatic heterocycles. The van der Waals surface area contributed by atoms with Gasteiger partial charge in [-0.2, -0.15) is 5.26 Å². The predicted molar refractivity (Wildman–Crippen MR) is 76.9 cm³/mol. The molecule has 1 heterocycles. The number of nitrogens with zero attached hydrogens (tertiary/aromatic N) is 2. The largest absolute Gasteiger partial charge is 0.381 e. The molecule has 1 saturated heterocycles. The number of hydrogen-bond acceptors (Lipinski definition) is 3. The molecule has 0 spiro atoms. The van der Waals surface area contributed by atoms with Crippen LogP contribution >= 0.6 is 0 Å². The maximum absolute atomic E-state index is 13.0. The van der Waals surface area contributed by atoms with Gasteiger partial charge in [0.1, 0.15) is 5.41 Å². The van der Waals surface area contributed by atoms with E-state index in [0.717, 1.165) is 19.4 Å². The van der Waals surface area contributed by atoms with Gasteiger partial charge in [-0.25, -0.2) is 0 Å². The van der Waals surface area contributed by atoms with Crippen LogP contribution in [0.1, 0.15) is 52.4 Å². The van der Waals surface area contributed by atoms with Crippen LogP contribution in [-0.2, 0) is 9.53 Å². The second-order valence-corrected chi connectivity index (χ2v) is 6.60. The first-order chi connectivity index (χ1) is 9.59. The van der Waals surface area contributed by atoms with Crippen LogP contribution in [0.15, 0.2) is 0 Å². The highest BCUT2D eigenvalue weighted by Gasteiger charge is 2.45. The Morgan fingerprint density at radius 3 is 2.45 bits per heavy atom. The maximum atomic E-state index is 13.0. The fraction of sp³-hybridized carbons (Fsp3) is 0.875. The summed E-state index contributed by atoms with van der Waals surface area (Å²) in [4.78, 5) is 15.0. The zero-order chi connectivity index (χ0) is 14.6. The lowest BCUT2D eigenvalue weighted by atomic mass is 9.79. The summed E-state index contributed by atoms with van der Waals surface area (Å²) < 4.78 is 5.34. The number of amides is 1. The van der Waals surface area contributed by atoms with Crippen molar-refractivity contribution < 1.29 is 9.53 Å². The summed E-state index contributed by atoms with van der Waals surface area (Å²) in [6, 6.07) is 2.67. The normalized spacial score (nSPS) is 22.7. The quantitative estimate of drug-likeness (QED) is 0.794. The van der Waals surface area contributed by atoms with Crippen molar-refractivity contribution in [2.45, 2.75) is 58.4 Å². The molecular formula is C16H26N2O2. The zero-order valence-corrected chi connectivity index (χ0v) is 12.7. The third-order valence-corrected chi connectivity index (χ3v) is 4.56. The first kappa shape index (κ1) is 15.3. The molecule has 112 valence electrons. The van der Waals surface area contributed by atoms with Crippen LogP contribution in [0.2, 0.25) is 0 Å². The molecule has 0 aromatic carbocycles. The molecule has 4 heteroatoms. The van der Waals surface area contributed by atoms with Crippen molar-refractivity contribution in [3.63, 3.8) is 0 Å². The van der Waals surface area contributed by atoms with Crippen LogP contribution in [0.25, 0.3) is 0 Å². The van der Waals surface area contributed by atoms with Gasteiger partial charge in [-0.05, 0) is 31.6 Å². The Balaban J connectivity index is 2.17. The van der Waals surface area contributed by atoms with Crippen molar-refractivity contribution in [2.24, 2.45) is 11.3 Å². The van der Waals surface area contributed by atoms with Crippen molar-refractivity contribution in [3.8, 4) is 6.07 Å². The lowest BCUT2D eigenvalue weighted by Gasteiger charge is -2.38. The van der Waals surface area contributed by atoms with Crippen molar-refractivity contribution in [1.29, 1.82) is 5.26 Å². The Morgan fingerprint density at radius 2 is 1.95 bits per heavy atom. The summed E-state index contributed by atoms with van der Waals surface area (Å²) in [5.41, 5.74) is -0.838. The number of hydrogen-bond donors (Lipinski definition) is 0. The molecular weight excluding hydrogens is 252 g/mol. The van der Waals surface area contributed by atoms with Crippen molar-refractivity contribution in [2.75, 3.05) is 19.8 Å². The third-order valence-electron chi connectivity index (χ3n) is 4.56. The molecule has 0 N–H and O–H groups in total. The van der Waals surface area contributed by atoms with E-state index >= 15 is 0 Å². The average molecular weight is 278 g/mol. The van der Waals surface area contributed by atoms with E-state index < -0.39 is 5.41 Å². The first-order valence-electron chi connectivity index (χ1n) is 7.89. The molecule has 1 amide bonds. The zero-order valence-electron chi connectivity index (χ0n) is 12.7. The van der Waals surface area contributed by atoms with Gasteiger partial charge in [-0.1, -0.05) is 26.7 Å². The van der Waals surface area contributed by atoms with E-state index in [9.17, 15) is 10.1 Å². The standard InChI is InChI=1S/C16H26N2O2/c1-13(2)11-18(14-5-3-4-6-14)15(19)16(12-17)7-9-20-10-8-16/h13-14H,3-11H2,1-2H3. The van der Waals surface area contributed by atoms with Gasteiger partial charge >= 0.3 is 0 Å². The summed E-state index contributed by atoms with van der Waals surface area (Å²) in [5, 5.41) is 9.58.